The van der Waals surface area contributed by atoms with Gasteiger partial charge in [0.15, 0.2) is 0 Å². The number of unbranched alkanes of at least 4 members (excludes halogenated alkanes) is 24. The lowest BCUT2D eigenvalue weighted by molar-refractivity contribution is 0.452. The van der Waals surface area contributed by atoms with E-state index in [0.717, 1.165) is 12.8 Å². The summed E-state index contributed by atoms with van der Waals surface area (Å²) >= 11 is 1.90. The molecule has 0 amide bonds. The van der Waals surface area contributed by atoms with E-state index in [9.17, 15) is 5.11 Å². The van der Waals surface area contributed by atoms with Crippen LogP contribution < -0.4 is 0 Å². The Morgan fingerprint density at radius 1 is 0.395 bits per heavy atom. The first-order valence-electron chi connectivity index (χ1n) is 19.5. The molecule has 0 unspecified atom stereocenters. The summed E-state index contributed by atoms with van der Waals surface area (Å²) in [7, 11) is 0. The smallest absolute Gasteiger partial charge is 0.123 e. The molecule has 1 rings (SSSR count). The summed E-state index contributed by atoms with van der Waals surface area (Å²) in [6.07, 6.45) is 42.4. The van der Waals surface area contributed by atoms with Gasteiger partial charge in [-0.15, -0.1) is 11.8 Å². The number of thioether (sulfide) groups is 1. The number of phenolic OH excluding ortho intramolecular Hbond substituents is 1. The zero-order valence-corrected chi connectivity index (χ0v) is 30.9. The van der Waals surface area contributed by atoms with Crippen LogP contribution in [0.2, 0.25) is 0 Å². The second-order valence-electron chi connectivity index (χ2n) is 13.7. The molecule has 0 heterocycles. The molecule has 0 bridgehead atoms. The fraction of sp³-hybridized carbons (Fsp3) is 0.854. The molecule has 1 nitrogen and oxygen atoms in total. The summed E-state index contributed by atoms with van der Waals surface area (Å²) in [5, 5.41) is 11.7. The second-order valence-corrected chi connectivity index (χ2v) is 14.5. The highest BCUT2D eigenvalue weighted by Crippen LogP contribution is 2.40. The summed E-state index contributed by atoms with van der Waals surface area (Å²) in [5.41, 5.74) is 5.56. The summed E-state index contributed by atoms with van der Waals surface area (Å²) in [5.74, 6) is 0.664. The Hall–Kier alpha value is -0.630. The molecule has 0 aliphatic carbocycles. The average Bonchev–Trinajstić information content (AvgIpc) is 3.01. The van der Waals surface area contributed by atoms with Crippen molar-refractivity contribution >= 4 is 11.8 Å². The summed E-state index contributed by atoms with van der Waals surface area (Å²) in [6, 6.07) is 0. The van der Waals surface area contributed by atoms with Gasteiger partial charge in [0.2, 0.25) is 0 Å². The van der Waals surface area contributed by atoms with Crippen molar-refractivity contribution in [1.82, 2.24) is 0 Å². The van der Waals surface area contributed by atoms with Crippen molar-refractivity contribution < 1.29 is 5.11 Å². The van der Waals surface area contributed by atoms with Crippen LogP contribution in [0, 0.1) is 6.92 Å². The van der Waals surface area contributed by atoms with Crippen molar-refractivity contribution in [3.63, 3.8) is 0 Å². The topological polar surface area (TPSA) is 20.2 Å². The van der Waals surface area contributed by atoms with Crippen molar-refractivity contribution in [2.45, 2.75) is 225 Å². The zero-order chi connectivity index (χ0) is 31.4. The summed E-state index contributed by atoms with van der Waals surface area (Å²) in [4.78, 5) is 1.42. The Morgan fingerprint density at radius 3 is 1.00 bits per heavy atom. The maximum atomic E-state index is 11.7. The SMILES string of the molecule is CCCCCCCCCCCCc1c(C)c(CCCCCCCCC)c(SC)c(CCCCCCCCCCCC)c1O. The summed E-state index contributed by atoms with van der Waals surface area (Å²) < 4.78 is 0. The highest BCUT2D eigenvalue weighted by Gasteiger charge is 2.20. The van der Waals surface area contributed by atoms with Crippen molar-refractivity contribution in [1.29, 1.82) is 0 Å². The average molecular weight is 617 g/mol. The van der Waals surface area contributed by atoms with Gasteiger partial charge in [0.1, 0.15) is 5.75 Å². The molecule has 2 heteroatoms. The van der Waals surface area contributed by atoms with Gasteiger partial charge < -0.3 is 5.11 Å². The lowest BCUT2D eigenvalue weighted by atomic mass is 9.89. The van der Waals surface area contributed by atoms with E-state index in [0.29, 0.717) is 5.75 Å². The Labute approximate surface area is 275 Å². The molecule has 0 spiro atoms. The van der Waals surface area contributed by atoms with Gasteiger partial charge in [0, 0.05) is 10.5 Å². The molecule has 0 saturated heterocycles. The van der Waals surface area contributed by atoms with Crippen LogP contribution in [0.15, 0.2) is 4.90 Å². The van der Waals surface area contributed by atoms with Crippen LogP contribution in [-0.4, -0.2) is 11.4 Å². The van der Waals surface area contributed by atoms with Gasteiger partial charge in [-0.2, -0.15) is 0 Å². The lowest BCUT2D eigenvalue weighted by Gasteiger charge is -2.22. The van der Waals surface area contributed by atoms with Gasteiger partial charge in [0.05, 0.1) is 0 Å². The molecule has 0 atom stereocenters. The Kier molecular flexibility index (Phi) is 27.1. The number of rotatable bonds is 31. The minimum Gasteiger partial charge on any atom is -0.507 e. The number of aromatic hydroxyl groups is 1. The van der Waals surface area contributed by atoms with E-state index in [4.69, 9.17) is 0 Å². The molecule has 43 heavy (non-hydrogen) atoms. The van der Waals surface area contributed by atoms with Crippen LogP contribution in [0.4, 0.5) is 0 Å². The number of benzene rings is 1. The minimum atomic E-state index is 0.664. The van der Waals surface area contributed by atoms with Gasteiger partial charge in [-0.25, -0.2) is 0 Å². The molecule has 1 N–H and O–H groups in total. The Balaban J connectivity index is 2.74. The molecule has 0 fully saturated rings. The predicted octanol–water partition coefficient (Wildman–Crippen LogP) is 14.6. The van der Waals surface area contributed by atoms with Gasteiger partial charge in [-0.1, -0.05) is 175 Å². The van der Waals surface area contributed by atoms with Gasteiger partial charge in [-0.3, -0.25) is 0 Å². The molecule has 1 aromatic carbocycles. The normalized spacial score (nSPS) is 11.6. The molecule has 0 aliphatic heterocycles. The highest BCUT2D eigenvalue weighted by atomic mass is 32.2. The maximum absolute atomic E-state index is 11.7. The van der Waals surface area contributed by atoms with Crippen LogP contribution in [0.5, 0.6) is 5.75 Å². The lowest BCUT2D eigenvalue weighted by Crippen LogP contribution is -2.05. The fourth-order valence-electron chi connectivity index (χ4n) is 6.92. The molecule has 0 aliphatic rings. The van der Waals surface area contributed by atoms with Gasteiger partial charge >= 0.3 is 0 Å². The van der Waals surface area contributed by atoms with Crippen molar-refractivity contribution in [3.8, 4) is 5.75 Å². The van der Waals surface area contributed by atoms with Crippen LogP contribution in [0.25, 0.3) is 0 Å². The molecule has 0 aromatic heterocycles. The molecule has 252 valence electrons. The van der Waals surface area contributed by atoms with Crippen molar-refractivity contribution in [2.24, 2.45) is 0 Å². The van der Waals surface area contributed by atoms with Gasteiger partial charge in [-0.05, 0) is 68.4 Å². The van der Waals surface area contributed by atoms with E-state index in [2.05, 4.69) is 34.0 Å². The van der Waals surface area contributed by atoms with E-state index in [-0.39, 0.29) is 0 Å². The van der Waals surface area contributed by atoms with E-state index < -0.39 is 0 Å². The third-order valence-electron chi connectivity index (χ3n) is 9.82. The van der Waals surface area contributed by atoms with Crippen LogP contribution in [0.1, 0.15) is 216 Å². The van der Waals surface area contributed by atoms with Crippen LogP contribution in [-0.2, 0) is 19.3 Å². The Morgan fingerprint density at radius 2 is 0.674 bits per heavy atom. The van der Waals surface area contributed by atoms with Gasteiger partial charge in [0.25, 0.3) is 0 Å². The zero-order valence-electron chi connectivity index (χ0n) is 30.1. The van der Waals surface area contributed by atoms with E-state index in [1.54, 1.807) is 5.56 Å². The van der Waals surface area contributed by atoms with E-state index in [1.165, 1.54) is 201 Å². The first-order chi connectivity index (χ1) is 21.1. The predicted molar refractivity (Wildman–Crippen MR) is 197 cm³/mol. The number of phenols is 1. The third-order valence-corrected chi connectivity index (χ3v) is 10.7. The van der Waals surface area contributed by atoms with Crippen LogP contribution >= 0.6 is 11.8 Å². The van der Waals surface area contributed by atoms with Crippen molar-refractivity contribution in [3.05, 3.63) is 22.3 Å². The molecular weight excluding hydrogens is 541 g/mol. The minimum absolute atomic E-state index is 0.664. The van der Waals surface area contributed by atoms with E-state index >= 15 is 0 Å². The number of hydrogen-bond acceptors (Lipinski definition) is 2. The van der Waals surface area contributed by atoms with Crippen LogP contribution in [0.3, 0.4) is 0 Å². The Bertz CT molecular complexity index is 770. The van der Waals surface area contributed by atoms with Crippen molar-refractivity contribution in [2.75, 3.05) is 6.26 Å². The molecule has 1 aromatic rings. The highest BCUT2D eigenvalue weighted by molar-refractivity contribution is 7.98. The summed E-state index contributed by atoms with van der Waals surface area (Å²) in [6.45, 7) is 9.23. The maximum Gasteiger partial charge on any atom is 0.123 e. The first kappa shape index (κ1) is 40.4. The third kappa shape index (κ3) is 18.8. The fourth-order valence-corrected chi connectivity index (χ4v) is 7.87. The first-order valence-corrected chi connectivity index (χ1v) is 20.7. The second kappa shape index (κ2) is 28.8. The molecule has 0 radical (unpaired) electrons. The van der Waals surface area contributed by atoms with E-state index in [1.807, 2.05) is 11.8 Å². The quantitative estimate of drug-likeness (QED) is 0.0661. The largest absolute Gasteiger partial charge is 0.507 e. The molecular formula is C41H76OS. The standard InChI is InChI=1S/C41H76OS/c1-6-9-12-15-18-20-22-25-27-30-33-37-36(4)38(34-31-28-24-17-14-11-8-3)41(43-5)39(40(37)42)35-32-29-26-23-21-19-16-13-10-7-2/h42H,6-35H2,1-5H3. The number of hydrogen-bond donors (Lipinski definition) is 1. The molecule has 0 saturated carbocycles. The monoisotopic (exact) mass is 617 g/mol.